The largest absolute Gasteiger partial charge is 0.346 e. The fraction of sp³-hybridized carbons (Fsp3) is 0.200. The Labute approximate surface area is 94.6 Å². The second-order valence-electron chi connectivity index (χ2n) is 3.28. The molecule has 0 saturated heterocycles. The molecule has 0 saturated carbocycles. The molecule has 0 aliphatic heterocycles. The number of anilines is 2. The maximum Gasteiger partial charge on any atom is 0.231 e. The summed E-state index contributed by atoms with van der Waals surface area (Å²) in [6, 6.07) is 5.47. The van der Waals surface area contributed by atoms with Crippen molar-refractivity contribution in [1.29, 1.82) is 0 Å². The zero-order valence-corrected chi connectivity index (χ0v) is 9.45. The molecule has 0 aliphatic carbocycles. The molecule has 0 bridgehead atoms. The summed E-state index contributed by atoms with van der Waals surface area (Å²) in [6.45, 7) is 6.36. The molecule has 0 aromatic carbocycles. The maximum absolute atomic E-state index is 5.58. The molecule has 5 heteroatoms. The molecule has 1 heterocycles. The molecule has 4 nitrogen and oxygen atoms in total. The number of aromatic amines is 1. The number of nitrogens with two attached hydrogens (primary N) is 1. The van der Waals surface area contributed by atoms with Crippen molar-refractivity contribution < 1.29 is 4.98 Å². The highest BCUT2D eigenvalue weighted by atomic mass is 32.1. The van der Waals surface area contributed by atoms with Gasteiger partial charge in [-0.2, -0.15) is 0 Å². The molecular weight excluding hydrogens is 208 g/mol. The number of aromatic nitrogens is 1. The normalized spacial score (nSPS) is 9.40. The van der Waals surface area contributed by atoms with Gasteiger partial charge in [-0.15, -0.1) is 0 Å². The SMILES string of the molecule is C=C(C)CNC(=S)Nc1cccc(N)[nH+]1. The number of pyridine rings is 1. The van der Waals surface area contributed by atoms with Crippen LogP contribution in [0.4, 0.5) is 11.6 Å². The topological polar surface area (TPSA) is 64.2 Å². The summed E-state index contributed by atoms with van der Waals surface area (Å²) in [5, 5.41) is 6.53. The van der Waals surface area contributed by atoms with E-state index in [2.05, 4.69) is 22.2 Å². The zero-order chi connectivity index (χ0) is 11.3. The smallest absolute Gasteiger partial charge is 0.231 e. The summed E-state index contributed by atoms with van der Waals surface area (Å²) in [4.78, 5) is 2.94. The van der Waals surface area contributed by atoms with E-state index in [4.69, 9.17) is 18.0 Å². The number of nitrogens with one attached hydrogen (secondary N) is 3. The summed E-state index contributed by atoms with van der Waals surface area (Å²) in [7, 11) is 0. The van der Waals surface area contributed by atoms with Gasteiger partial charge in [-0.3, -0.25) is 0 Å². The minimum Gasteiger partial charge on any atom is -0.346 e. The Hall–Kier alpha value is -1.62. The van der Waals surface area contributed by atoms with Crippen LogP contribution in [0.15, 0.2) is 30.4 Å². The van der Waals surface area contributed by atoms with Crippen LogP contribution in [0.1, 0.15) is 6.92 Å². The minimum atomic E-state index is 0.542. The van der Waals surface area contributed by atoms with Gasteiger partial charge in [0.2, 0.25) is 16.7 Å². The van der Waals surface area contributed by atoms with Crippen molar-refractivity contribution in [3.8, 4) is 0 Å². The lowest BCUT2D eigenvalue weighted by Gasteiger charge is -2.05. The van der Waals surface area contributed by atoms with Gasteiger partial charge in [0.1, 0.15) is 0 Å². The molecule has 0 aliphatic rings. The van der Waals surface area contributed by atoms with Crippen molar-refractivity contribution in [2.24, 2.45) is 0 Å². The van der Waals surface area contributed by atoms with Crippen molar-refractivity contribution in [3.05, 3.63) is 30.4 Å². The van der Waals surface area contributed by atoms with Gasteiger partial charge >= 0.3 is 0 Å². The van der Waals surface area contributed by atoms with E-state index < -0.39 is 0 Å². The molecule has 0 atom stereocenters. The Morgan fingerprint density at radius 1 is 1.60 bits per heavy atom. The number of hydrogen-bond acceptors (Lipinski definition) is 2. The summed E-state index contributed by atoms with van der Waals surface area (Å²) in [5.41, 5.74) is 6.61. The summed E-state index contributed by atoms with van der Waals surface area (Å²) in [6.07, 6.45) is 0. The van der Waals surface area contributed by atoms with Gasteiger partial charge in [0.15, 0.2) is 0 Å². The Kier molecular flexibility index (Phi) is 4.05. The first-order chi connectivity index (χ1) is 7.08. The highest BCUT2D eigenvalue weighted by Crippen LogP contribution is 1.99. The van der Waals surface area contributed by atoms with Gasteiger partial charge in [0.05, 0.1) is 0 Å². The van der Waals surface area contributed by atoms with Crippen LogP contribution >= 0.6 is 12.2 Å². The lowest BCUT2D eigenvalue weighted by molar-refractivity contribution is -0.342. The number of H-pyrrole nitrogens is 1. The summed E-state index contributed by atoms with van der Waals surface area (Å²) < 4.78 is 0. The molecule has 15 heavy (non-hydrogen) atoms. The summed E-state index contributed by atoms with van der Waals surface area (Å²) >= 11 is 5.07. The van der Waals surface area contributed by atoms with Crippen LogP contribution in [0.5, 0.6) is 0 Å². The van der Waals surface area contributed by atoms with E-state index >= 15 is 0 Å². The Morgan fingerprint density at radius 2 is 2.33 bits per heavy atom. The molecule has 1 aromatic heterocycles. The molecule has 0 radical (unpaired) electrons. The van der Waals surface area contributed by atoms with Crippen molar-refractivity contribution in [1.82, 2.24) is 5.32 Å². The van der Waals surface area contributed by atoms with Crippen molar-refractivity contribution in [3.63, 3.8) is 0 Å². The van der Waals surface area contributed by atoms with E-state index in [9.17, 15) is 0 Å². The highest BCUT2D eigenvalue weighted by molar-refractivity contribution is 7.80. The van der Waals surface area contributed by atoms with E-state index in [0.717, 1.165) is 11.4 Å². The van der Waals surface area contributed by atoms with E-state index in [1.807, 2.05) is 19.1 Å². The van der Waals surface area contributed by atoms with E-state index in [0.29, 0.717) is 17.5 Å². The number of thiocarbonyl (C=S) groups is 1. The van der Waals surface area contributed by atoms with Gasteiger partial charge in [-0.05, 0) is 25.2 Å². The summed E-state index contributed by atoms with van der Waals surface area (Å²) in [5.74, 6) is 1.34. The zero-order valence-electron chi connectivity index (χ0n) is 8.63. The Bertz CT molecular complexity index is 375. The van der Waals surface area contributed by atoms with Crippen molar-refractivity contribution >= 4 is 29.0 Å². The predicted octanol–water partition coefficient (Wildman–Crippen LogP) is 0.945. The lowest BCUT2D eigenvalue weighted by atomic mass is 10.3. The van der Waals surface area contributed by atoms with Gasteiger partial charge in [0, 0.05) is 18.7 Å². The standard InChI is InChI=1S/C10H14N4S/c1-7(2)6-12-10(15)14-9-5-3-4-8(11)13-9/h3-5H,1,6H2,2H3,(H4,11,12,13,14,15)/p+1. The van der Waals surface area contributed by atoms with E-state index in [1.54, 1.807) is 6.07 Å². The van der Waals surface area contributed by atoms with Gasteiger partial charge in [0.25, 0.3) is 0 Å². The van der Waals surface area contributed by atoms with Crippen molar-refractivity contribution in [2.75, 3.05) is 17.6 Å². The minimum absolute atomic E-state index is 0.542. The molecular formula is C10H15N4S+. The third-order valence-electron chi connectivity index (χ3n) is 1.62. The van der Waals surface area contributed by atoms with Crippen molar-refractivity contribution in [2.45, 2.75) is 6.92 Å². The predicted molar refractivity (Wildman–Crippen MR) is 66.4 cm³/mol. The van der Waals surface area contributed by atoms with Crippen LogP contribution in [0.3, 0.4) is 0 Å². The first-order valence-electron chi connectivity index (χ1n) is 4.55. The average molecular weight is 223 g/mol. The van der Waals surface area contributed by atoms with E-state index in [-0.39, 0.29) is 0 Å². The fourth-order valence-corrected chi connectivity index (χ4v) is 1.14. The van der Waals surface area contributed by atoms with Crippen LogP contribution in [0.2, 0.25) is 0 Å². The second-order valence-corrected chi connectivity index (χ2v) is 3.69. The fourth-order valence-electron chi connectivity index (χ4n) is 0.957. The third kappa shape index (κ3) is 4.42. The van der Waals surface area contributed by atoms with E-state index in [1.165, 1.54) is 0 Å². The molecule has 0 amide bonds. The van der Waals surface area contributed by atoms with Crippen LogP contribution < -0.4 is 21.4 Å². The molecule has 1 aromatic rings. The first-order valence-corrected chi connectivity index (χ1v) is 4.96. The molecule has 5 N–H and O–H groups in total. The Morgan fingerprint density at radius 3 is 2.93 bits per heavy atom. The molecule has 1 rings (SSSR count). The highest BCUT2D eigenvalue weighted by Gasteiger charge is 2.02. The molecule has 0 fully saturated rings. The quantitative estimate of drug-likeness (QED) is 0.527. The first kappa shape index (κ1) is 11.5. The Balaban J connectivity index is 2.48. The van der Waals surface area contributed by atoms with Crippen LogP contribution in [-0.2, 0) is 0 Å². The molecule has 0 spiro atoms. The maximum atomic E-state index is 5.58. The van der Waals surface area contributed by atoms with Crippen LogP contribution in [0.25, 0.3) is 0 Å². The van der Waals surface area contributed by atoms with Crippen LogP contribution in [0, 0.1) is 0 Å². The molecule has 80 valence electrons. The third-order valence-corrected chi connectivity index (χ3v) is 1.86. The van der Waals surface area contributed by atoms with Gasteiger partial charge in [-0.25, -0.2) is 10.3 Å². The average Bonchev–Trinajstić information content (AvgIpc) is 2.15. The van der Waals surface area contributed by atoms with Crippen LogP contribution in [-0.4, -0.2) is 11.7 Å². The number of hydrogen-bond donors (Lipinski definition) is 3. The number of rotatable bonds is 3. The second kappa shape index (κ2) is 5.31. The lowest BCUT2D eigenvalue weighted by Crippen LogP contribution is -2.32. The monoisotopic (exact) mass is 223 g/mol. The van der Waals surface area contributed by atoms with Gasteiger partial charge in [-0.1, -0.05) is 12.2 Å². The molecule has 0 unspecified atom stereocenters. The number of nitrogen functional groups attached to an aromatic ring is 1. The van der Waals surface area contributed by atoms with Gasteiger partial charge < -0.3 is 11.1 Å².